The molecule has 0 saturated heterocycles. The SMILES string of the molecule is CN(C)S(=O)(=O)c1ccc(S(=O)(=O)Nc2cc(F)ccc2OCC(F)(F)F)cc1. The van der Waals surface area contributed by atoms with Gasteiger partial charge in [-0.2, -0.15) is 13.2 Å². The average molecular weight is 456 g/mol. The standard InChI is InChI=1S/C16H16F4N2O5S2/c1-22(2)29(25,26)13-6-4-12(5-7-13)28(23,24)21-14-9-11(17)3-8-15(14)27-10-16(18,19)20/h3-9,21H,10H2,1-2H3. The predicted octanol–water partition coefficient (Wildman–Crippen LogP) is 2.82. The van der Waals surface area contributed by atoms with E-state index in [0.717, 1.165) is 40.7 Å². The van der Waals surface area contributed by atoms with E-state index in [1.165, 1.54) is 14.1 Å². The first kappa shape index (κ1) is 22.9. The molecule has 0 heterocycles. The lowest BCUT2D eigenvalue weighted by Crippen LogP contribution is -2.22. The first-order chi connectivity index (χ1) is 13.2. The Kier molecular flexibility index (Phi) is 6.45. The average Bonchev–Trinajstić information content (AvgIpc) is 2.60. The fourth-order valence-corrected chi connectivity index (χ4v) is 4.04. The van der Waals surface area contributed by atoms with Gasteiger partial charge in [0.15, 0.2) is 6.61 Å². The van der Waals surface area contributed by atoms with E-state index in [9.17, 15) is 34.4 Å². The van der Waals surface area contributed by atoms with Crippen LogP contribution >= 0.6 is 0 Å². The van der Waals surface area contributed by atoms with E-state index in [0.29, 0.717) is 6.07 Å². The zero-order chi connectivity index (χ0) is 22.0. The van der Waals surface area contributed by atoms with Gasteiger partial charge in [-0.1, -0.05) is 0 Å². The van der Waals surface area contributed by atoms with Crippen LogP contribution in [0, 0.1) is 5.82 Å². The summed E-state index contributed by atoms with van der Waals surface area (Å²) in [5.74, 6) is -1.44. The first-order valence-electron chi connectivity index (χ1n) is 7.77. The summed E-state index contributed by atoms with van der Waals surface area (Å²) in [6, 6.07) is 6.42. The largest absolute Gasteiger partial charge is 0.482 e. The highest BCUT2D eigenvalue weighted by Crippen LogP contribution is 2.30. The summed E-state index contributed by atoms with van der Waals surface area (Å²) in [4.78, 5) is -0.553. The Hall–Kier alpha value is -2.38. The van der Waals surface area contributed by atoms with E-state index in [2.05, 4.69) is 4.74 Å². The molecule has 13 heteroatoms. The highest BCUT2D eigenvalue weighted by molar-refractivity contribution is 7.92. The number of hydrogen-bond acceptors (Lipinski definition) is 5. The van der Waals surface area contributed by atoms with Gasteiger partial charge in [0.05, 0.1) is 15.5 Å². The molecule has 0 bridgehead atoms. The smallest absolute Gasteiger partial charge is 0.422 e. The van der Waals surface area contributed by atoms with Crippen molar-refractivity contribution in [1.82, 2.24) is 4.31 Å². The molecular formula is C16H16F4N2O5S2. The van der Waals surface area contributed by atoms with Gasteiger partial charge in [-0.25, -0.2) is 25.5 Å². The molecule has 1 N–H and O–H groups in total. The lowest BCUT2D eigenvalue weighted by molar-refractivity contribution is -0.153. The second-order valence-corrected chi connectivity index (χ2v) is 9.74. The molecule has 0 unspecified atom stereocenters. The number of nitrogens with zero attached hydrogens (tertiary/aromatic N) is 1. The number of rotatable bonds is 7. The summed E-state index contributed by atoms with van der Waals surface area (Å²) < 4.78 is 107. The minimum Gasteiger partial charge on any atom is -0.482 e. The van der Waals surface area contributed by atoms with Gasteiger partial charge < -0.3 is 4.74 Å². The van der Waals surface area contributed by atoms with Crippen molar-refractivity contribution < 1.29 is 39.1 Å². The summed E-state index contributed by atoms with van der Waals surface area (Å²) >= 11 is 0. The second-order valence-electron chi connectivity index (χ2n) is 5.91. The molecule has 0 aliphatic rings. The lowest BCUT2D eigenvalue weighted by atomic mass is 10.3. The molecular weight excluding hydrogens is 440 g/mol. The molecule has 29 heavy (non-hydrogen) atoms. The van der Waals surface area contributed by atoms with Crippen LogP contribution in [0.4, 0.5) is 23.2 Å². The maximum atomic E-state index is 13.5. The quantitative estimate of drug-likeness (QED) is 0.647. The van der Waals surface area contributed by atoms with Crippen LogP contribution in [0.5, 0.6) is 5.75 Å². The van der Waals surface area contributed by atoms with E-state index < -0.39 is 50.1 Å². The molecule has 0 fully saturated rings. The molecule has 0 atom stereocenters. The van der Waals surface area contributed by atoms with Crippen molar-refractivity contribution in [3.8, 4) is 5.75 Å². The maximum absolute atomic E-state index is 13.5. The van der Waals surface area contributed by atoms with Crippen molar-refractivity contribution in [3.05, 3.63) is 48.3 Å². The number of halogens is 4. The molecule has 0 saturated carbocycles. The summed E-state index contributed by atoms with van der Waals surface area (Å²) in [6.45, 7) is -1.70. The van der Waals surface area contributed by atoms with Crippen LogP contribution in [0.1, 0.15) is 0 Å². The number of ether oxygens (including phenoxy) is 1. The summed E-state index contributed by atoms with van der Waals surface area (Å²) in [5.41, 5.74) is -0.542. The Morgan fingerprint density at radius 1 is 0.966 bits per heavy atom. The van der Waals surface area contributed by atoms with Gasteiger partial charge in [0.25, 0.3) is 10.0 Å². The van der Waals surface area contributed by atoms with Crippen LogP contribution in [0.25, 0.3) is 0 Å². The van der Waals surface area contributed by atoms with Crippen molar-refractivity contribution in [2.24, 2.45) is 0 Å². The number of hydrogen-bond donors (Lipinski definition) is 1. The monoisotopic (exact) mass is 456 g/mol. The Morgan fingerprint density at radius 2 is 1.52 bits per heavy atom. The number of sulfonamides is 2. The van der Waals surface area contributed by atoms with Crippen molar-refractivity contribution in [1.29, 1.82) is 0 Å². The molecule has 7 nitrogen and oxygen atoms in total. The molecule has 160 valence electrons. The van der Waals surface area contributed by atoms with Crippen LogP contribution in [0.2, 0.25) is 0 Å². The van der Waals surface area contributed by atoms with Crippen LogP contribution < -0.4 is 9.46 Å². The first-order valence-corrected chi connectivity index (χ1v) is 10.7. The maximum Gasteiger partial charge on any atom is 0.422 e. The molecule has 0 aliphatic heterocycles. The Morgan fingerprint density at radius 3 is 2.03 bits per heavy atom. The molecule has 0 aromatic heterocycles. The van der Waals surface area contributed by atoms with Gasteiger partial charge >= 0.3 is 6.18 Å². The number of nitrogens with one attached hydrogen (secondary N) is 1. The molecule has 2 aromatic carbocycles. The third-order valence-electron chi connectivity index (χ3n) is 3.49. The fraction of sp³-hybridized carbons (Fsp3) is 0.250. The van der Waals surface area contributed by atoms with Gasteiger partial charge in [0, 0.05) is 20.2 Å². The zero-order valence-electron chi connectivity index (χ0n) is 15.1. The minimum absolute atomic E-state index is 0.165. The van der Waals surface area contributed by atoms with Gasteiger partial charge in [-0.3, -0.25) is 4.72 Å². The van der Waals surface area contributed by atoms with Crippen LogP contribution in [0.3, 0.4) is 0 Å². The van der Waals surface area contributed by atoms with Crippen molar-refractivity contribution in [2.45, 2.75) is 16.0 Å². The topological polar surface area (TPSA) is 92.8 Å². The Labute approximate surface area is 165 Å². The summed E-state index contributed by atoms with van der Waals surface area (Å²) in [6.07, 6.45) is -4.68. The zero-order valence-corrected chi connectivity index (χ0v) is 16.7. The molecule has 0 radical (unpaired) electrons. The highest BCUT2D eigenvalue weighted by Gasteiger charge is 2.29. The van der Waals surface area contributed by atoms with Crippen molar-refractivity contribution in [3.63, 3.8) is 0 Å². The fourth-order valence-electron chi connectivity index (χ4n) is 2.07. The highest BCUT2D eigenvalue weighted by atomic mass is 32.2. The van der Waals surface area contributed by atoms with E-state index in [-0.39, 0.29) is 9.79 Å². The van der Waals surface area contributed by atoms with Gasteiger partial charge in [-0.15, -0.1) is 0 Å². The Bertz CT molecular complexity index is 1080. The van der Waals surface area contributed by atoms with E-state index in [1.807, 2.05) is 4.72 Å². The van der Waals surface area contributed by atoms with E-state index in [4.69, 9.17) is 0 Å². The number of alkyl halides is 3. The molecule has 0 aliphatic carbocycles. The van der Waals surface area contributed by atoms with Gasteiger partial charge in [-0.05, 0) is 36.4 Å². The van der Waals surface area contributed by atoms with Crippen molar-refractivity contribution >= 4 is 25.7 Å². The van der Waals surface area contributed by atoms with Gasteiger partial charge in [0.1, 0.15) is 11.6 Å². The third-order valence-corrected chi connectivity index (χ3v) is 6.70. The minimum atomic E-state index is -4.68. The molecule has 2 rings (SSSR count). The molecule has 2 aromatic rings. The second kappa shape index (κ2) is 8.16. The van der Waals surface area contributed by atoms with Crippen LogP contribution in [-0.2, 0) is 20.0 Å². The van der Waals surface area contributed by atoms with E-state index >= 15 is 0 Å². The third kappa shape index (κ3) is 5.81. The predicted molar refractivity (Wildman–Crippen MR) is 96.1 cm³/mol. The molecule has 0 amide bonds. The summed E-state index contributed by atoms with van der Waals surface area (Å²) in [7, 11) is -5.57. The number of benzene rings is 2. The molecule has 0 spiro atoms. The van der Waals surface area contributed by atoms with Gasteiger partial charge in [0.2, 0.25) is 10.0 Å². The van der Waals surface area contributed by atoms with Crippen LogP contribution in [-0.4, -0.2) is 48.0 Å². The summed E-state index contributed by atoms with van der Waals surface area (Å²) in [5, 5.41) is 0. The van der Waals surface area contributed by atoms with Crippen molar-refractivity contribution in [2.75, 3.05) is 25.4 Å². The number of anilines is 1. The van der Waals surface area contributed by atoms with Crippen LogP contribution in [0.15, 0.2) is 52.3 Å². The van der Waals surface area contributed by atoms with E-state index in [1.54, 1.807) is 0 Å². The lowest BCUT2D eigenvalue weighted by Gasteiger charge is -2.15. The Balaban J connectivity index is 2.33. The normalized spacial score (nSPS) is 12.8.